The molecule has 0 saturated heterocycles. The quantitative estimate of drug-likeness (QED) is 0.812. The average molecular weight is 240 g/mol. The predicted molar refractivity (Wildman–Crippen MR) is 78.9 cm³/mol. The van der Waals surface area contributed by atoms with E-state index in [0.29, 0.717) is 0 Å². The fourth-order valence-corrected chi connectivity index (χ4v) is 2.06. The van der Waals surface area contributed by atoms with Crippen LogP contribution < -0.4 is 10.6 Å². The Kier molecular flexibility index (Phi) is 4.24. The molecule has 0 aliphatic carbocycles. The van der Waals surface area contributed by atoms with Gasteiger partial charge in [0.2, 0.25) is 0 Å². The van der Waals surface area contributed by atoms with Gasteiger partial charge in [0.25, 0.3) is 0 Å². The summed E-state index contributed by atoms with van der Waals surface area (Å²) < 4.78 is 0. The van der Waals surface area contributed by atoms with Crippen LogP contribution in [0, 0.1) is 0 Å². The van der Waals surface area contributed by atoms with Gasteiger partial charge in [-0.1, -0.05) is 36.4 Å². The van der Waals surface area contributed by atoms with Gasteiger partial charge in [-0.25, -0.2) is 0 Å². The number of aryl methyl sites for hydroxylation is 1. The molecule has 2 N–H and O–H groups in total. The van der Waals surface area contributed by atoms with Gasteiger partial charge in [-0.3, -0.25) is 0 Å². The molecule has 0 bridgehead atoms. The second kappa shape index (κ2) is 6.10. The van der Waals surface area contributed by atoms with E-state index in [1.165, 1.54) is 11.3 Å². The second-order valence-electron chi connectivity index (χ2n) is 4.61. The maximum absolute atomic E-state index is 5.79. The minimum absolute atomic E-state index is 0.822. The van der Waals surface area contributed by atoms with Gasteiger partial charge in [-0.15, -0.1) is 0 Å². The minimum Gasteiger partial charge on any atom is -0.399 e. The van der Waals surface area contributed by atoms with Crippen molar-refractivity contribution >= 4 is 11.4 Å². The van der Waals surface area contributed by atoms with E-state index in [1.807, 2.05) is 18.2 Å². The molecule has 0 fully saturated rings. The maximum atomic E-state index is 5.79. The molecular weight excluding hydrogens is 220 g/mol. The predicted octanol–water partition coefficient (Wildman–Crippen LogP) is 3.34. The van der Waals surface area contributed by atoms with Crippen LogP contribution in [0.15, 0.2) is 54.6 Å². The van der Waals surface area contributed by atoms with Gasteiger partial charge < -0.3 is 10.6 Å². The molecule has 0 saturated carbocycles. The second-order valence-corrected chi connectivity index (χ2v) is 4.61. The number of hydrogen-bond acceptors (Lipinski definition) is 2. The molecule has 0 heterocycles. The Morgan fingerprint density at radius 1 is 1.00 bits per heavy atom. The van der Waals surface area contributed by atoms with Crippen molar-refractivity contribution in [1.29, 1.82) is 0 Å². The Morgan fingerprint density at radius 3 is 2.50 bits per heavy atom. The third kappa shape index (κ3) is 3.52. The largest absolute Gasteiger partial charge is 0.399 e. The van der Waals surface area contributed by atoms with Crippen LogP contribution in [0.2, 0.25) is 0 Å². The third-order valence-corrected chi connectivity index (χ3v) is 3.11. The van der Waals surface area contributed by atoms with Crippen LogP contribution in [0.3, 0.4) is 0 Å². The first kappa shape index (κ1) is 12.5. The molecule has 2 heteroatoms. The van der Waals surface area contributed by atoms with Crippen LogP contribution in [0.1, 0.15) is 12.0 Å². The number of nitrogens with zero attached hydrogens (tertiary/aromatic N) is 1. The highest BCUT2D eigenvalue weighted by Crippen LogP contribution is 2.16. The molecule has 2 rings (SSSR count). The number of hydrogen-bond donors (Lipinski definition) is 1. The zero-order valence-electron chi connectivity index (χ0n) is 10.8. The van der Waals surface area contributed by atoms with Crippen LogP contribution >= 0.6 is 0 Å². The Bertz CT molecular complexity index is 479. The fraction of sp³-hybridized carbons (Fsp3) is 0.250. The number of benzene rings is 2. The topological polar surface area (TPSA) is 29.3 Å². The maximum Gasteiger partial charge on any atom is 0.0384 e. The highest BCUT2D eigenvalue weighted by Gasteiger charge is 2.01. The van der Waals surface area contributed by atoms with E-state index in [0.717, 1.165) is 25.1 Å². The summed E-state index contributed by atoms with van der Waals surface area (Å²) in [6.07, 6.45) is 2.27. The third-order valence-electron chi connectivity index (χ3n) is 3.11. The number of rotatable bonds is 5. The summed E-state index contributed by atoms with van der Waals surface area (Å²) in [4.78, 5) is 2.25. The lowest BCUT2D eigenvalue weighted by Crippen LogP contribution is -2.19. The van der Waals surface area contributed by atoms with Gasteiger partial charge in [0.1, 0.15) is 0 Å². The summed E-state index contributed by atoms with van der Waals surface area (Å²) in [7, 11) is 2.11. The van der Waals surface area contributed by atoms with Gasteiger partial charge in [0.15, 0.2) is 0 Å². The standard InChI is InChI=1S/C16H20N2/c1-18(16-11-5-10-15(17)13-16)12-6-9-14-7-3-2-4-8-14/h2-5,7-8,10-11,13H,6,9,12,17H2,1H3. The Morgan fingerprint density at radius 2 is 1.78 bits per heavy atom. The van der Waals surface area contributed by atoms with E-state index < -0.39 is 0 Å². The molecule has 0 aromatic heterocycles. The fourth-order valence-electron chi connectivity index (χ4n) is 2.06. The molecule has 2 aromatic rings. The molecule has 0 aliphatic rings. The zero-order chi connectivity index (χ0) is 12.8. The molecule has 0 spiro atoms. The van der Waals surface area contributed by atoms with E-state index in [9.17, 15) is 0 Å². The molecule has 2 nitrogen and oxygen atoms in total. The molecule has 0 aliphatic heterocycles. The Hall–Kier alpha value is -1.96. The van der Waals surface area contributed by atoms with Crippen molar-refractivity contribution in [3.8, 4) is 0 Å². The van der Waals surface area contributed by atoms with Gasteiger partial charge in [0, 0.05) is 25.0 Å². The number of nitrogens with two attached hydrogens (primary N) is 1. The molecule has 94 valence electrons. The van der Waals surface area contributed by atoms with Crippen molar-refractivity contribution in [1.82, 2.24) is 0 Å². The van der Waals surface area contributed by atoms with Crippen molar-refractivity contribution in [2.45, 2.75) is 12.8 Å². The van der Waals surface area contributed by atoms with Crippen LogP contribution in [0.5, 0.6) is 0 Å². The normalized spacial score (nSPS) is 10.3. The number of anilines is 2. The highest BCUT2D eigenvalue weighted by atomic mass is 15.1. The average Bonchev–Trinajstić information content (AvgIpc) is 2.40. The zero-order valence-corrected chi connectivity index (χ0v) is 10.8. The molecule has 0 amide bonds. The van der Waals surface area contributed by atoms with Gasteiger partial charge in [0.05, 0.1) is 0 Å². The van der Waals surface area contributed by atoms with Crippen molar-refractivity contribution in [2.75, 3.05) is 24.2 Å². The summed E-state index contributed by atoms with van der Waals surface area (Å²) in [6, 6.07) is 18.6. The first-order valence-corrected chi connectivity index (χ1v) is 6.36. The summed E-state index contributed by atoms with van der Waals surface area (Å²) in [5.41, 5.74) is 9.20. The molecule has 0 radical (unpaired) electrons. The van der Waals surface area contributed by atoms with Crippen LogP contribution in [0.4, 0.5) is 11.4 Å². The highest BCUT2D eigenvalue weighted by molar-refractivity contribution is 5.55. The van der Waals surface area contributed by atoms with E-state index in [4.69, 9.17) is 5.73 Å². The molecule has 0 unspecified atom stereocenters. The van der Waals surface area contributed by atoms with Gasteiger partial charge in [-0.2, -0.15) is 0 Å². The minimum atomic E-state index is 0.822. The summed E-state index contributed by atoms with van der Waals surface area (Å²) in [6.45, 7) is 1.04. The van der Waals surface area contributed by atoms with Crippen molar-refractivity contribution in [3.63, 3.8) is 0 Å². The lowest BCUT2D eigenvalue weighted by atomic mass is 10.1. The van der Waals surface area contributed by atoms with Crippen LogP contribution in [-0.4, -0.2) is 13.6 Å². The molecular formula is C16H20N2. The van der Waals surface area contributed by atoms with Crippen molar-refractivity contribution < 1.29 is 0 Å². The Labute approximate surface area is 109 Å². The number of nitrogen functional groups attached to an aromatic ring is 1. The summed E-state index contributed by atoms with van der Waals surface area (Å²) >= 11 is 0. The lowest BCUT2D eigenvalue weighted by molar-refractivity contribution is 0.786. The monoisotopic (exact) mass is 240 g/mol. The first-order chi connectivity index (χ1) is 8.75. The van der Waals surface area contributed by atoms with Gasteiger partial charge in [-0.05, 0) is 36.6 Å². The molecule has 18 heavy (non-hydrogen) atoms. The van der Waals surface area contributed by atoms with E-state index >= 15 is 0 Å². The van der Waals surface area contributed by atoms with E-state index in [1.54, 1.807) is 0 Å². The molecule has 0 atom stereocenters. The van der Waals surface area contributed by atoms with E-state index in [2.05, 4.69) is 48.3 Å². The first-order valence-electron chi connectivity index (χ1n) is 6.36. The lowest BCUT2D eigenvalue weighted by Gasteiger charge is -2.19. The van der Waals surface area contributed by atoms with Crippen molar-refractivity contribution in [3.05, 3.63) is 60.2 Å². The van der Waals surface area contributed by atoms with Crippen molar-refractivity contribution in [2.24, 2.45) is 0 Å². The molecule has 2 aromatic carbocycles. The summed E-state index contributed by atoms with van der Waals surface area (Å²) in [5, 5.41) is 0. The smallest absolute Gasteiger partial charge is 0.0384 e. The SMILES string of the molecule is CN(CCCc1ccccc1)c1cccc(N)c1. The Balaban J connectivity index is 1.83. The van der Waals surface area contributed by atoms with Crippen LogP contribution in [-0.2, 0) is 6.42 Å². The van der Waals surface area contributed by atoms with Crippen LogP contribution in [0.25, 0.3) is 0 Å². The van der Waals surface area contributed by atoms with E-state index in [-0.39, 0.29) is 0 Å². The summed E-state index contributed by atoms with van der Waals surface area (Å²) in [5.74, 6) is 0. The van der Waals surface area contributed by atoms with Gasteiger partial charge >= 0.3 is 0 Å².